The number of ether oxygens (including phenoxy) is 1. The van der Waals surface area contributed by atoms with Crippen LogP contribution in [0.15, 0.2) is 70.9 Å². The van der Waals surface area contributed by atoms with E-state index in [9.17, 15) is 30.8 Å². The summed E-state index contributed by atoms with van der Waals surface area (Å²) in [5, 5.41) is 1.84. The molecule has 1 aliphatic heterocycles. The maximum Gasteiger partial charge on any atom is 0.416 e. The molecule has 0 aliphatic carbocycles. The number of hydrogen-bond acceptors (Lipinski definition) is 5. The predicted octanol–water partition coefficient (Wildman–Crippen LogP) is 5.30. The maximum atomic E-state index is 13.6. The summed E-state index contributed by atoms with van der Waals surface area (Å²) in [5.74, 6) is -0.976. The minimum Gasteiger partial charge on any atom is -0.377 e. The quantitative estimate of drug-likeness (QED) is 0.310. The van der Waals surface area contributed by atoms with Crippen LogP contribution in [0.2, 0.25) is 0 Å². The molecule has 4 rings (SSSR count). The third kappa shape index (κ3) is 7.19. The molecule has 0 spiro atoms. The van der Waals surface area contributed by atoms with Crippen LogP contribution in [0.1, 0.15) is 28.8 Å². The number of rotatable bonds is 10. The van der Waals surface area contributed by atoms with Gasteiger partial charge in [-0.15, -0.1) is 11.3 Å². The highest BCUT2D eigenvalue weighted by Crippen LogP contribution is 2.31. The van der Waals surface area contributed by atoms with Gasteiger partial charge in [0.1, 0.15) is 5.82 Å². The Morgan fingerprint density at radius 3 is 2.45 bits per heavy atom. The summed E-state index contributed by atoms with van der Waals surface area (Å²) in [4.78, 5) is 15.3. The van der Waals surface area contributed by atoms with Crippen LogP contribution in [0.25, 0.3) is 0 Å². The number of carbonyl (C=O) groups is 1. The van der Waals surface area contributed by atoms with E-state index in [-0.39, 0.29) is 19.6 Å². The Kier molecular flexibility index (Phi) is 8.86. The normalized spacial score (nSPS) is 16.2. The van der Waals surface area contributed by atoms with Crippen molar-refractivity contribution < 1.29 is 35.5 Å². The second-order valence-corrected chi connectivity index (χ2v) is 11.9. The molecular weight excluding hydrogens is 544 g/mol. The molecule has 0 radical (unpaired) electrons. The molecule has 0 saturated carbocycles. The molecule has 38 heavy (non-hydrogen) atoms. The van der Waals surface area contributed by atoms with Crippen molar-refractivity contribution in [2.24, 2.45) is 0 Å². The van der Waals surface area contributed by atoms with Gasteiger partial charge in [0.05, 0.1) is 29.7 Å². The maximum absolute atomic E-state index is 13.6. The molecule has 2 aromatic carbocycles. The van der Waals surface area contributed by atoms with Gasteiger partial charge in [0.15, 0.2) is 0 Å². The summed E-state index contributed by atoms with van der Waals surface area (Å²) >= 11 is 1.42. The van der Waals surface area contributed by atoms with E-state index in [2.05, 4.69) is 0 Å². The molecule has 1 aromatic heterocycles. The Balaban J connectivity index is 1.63. The zero-order chi connectivity index (χ0) is 27.3. The number of hydrogen-bond donors (Lipinski definition) is 0. The fraction of sp³-hybridized carbons (Fsp3) is 0.346. The van der Waals surface area contributed by atoms with Crippen LogP contribution in [0.3, 0.4) is 0 Å². The van der Waals surface area contributed by atoms with E-state index in [1.165, 1.54) is 40.5 Å². The number of benzene rings is 2. The molecule has 1 aliphatic rings. The largest absolute Gasteiger partial charge is 0.416 e. The van der Waals surface area contributed by atoms with Crippen molar-refractivity contribution in [1.29, 1.82) is 0 Å². The van der Waals surface area contributed by atoms with Gasteiger partial charge in [-0.2, -0.15) is 17.5 Å². The molecule has 2 heterocycles. The average molecular weight is 571 g/mol. The van der Waals surface area contributed by atoms with E-state index in [1.807, 2.05) is 17.5 Å². The van der Waals surface area contributed by atoms with E-state index in [4.69, 9.17) is 4.74 Å². The minimum absolute atomic E-state index is 0.0917. The van der Waals surface area contributed by atoms with Crippen molar-refractivity contribution in [3.8, 4) is 0 Å². The summed E-state index contributed by atoms with van der Waals surface area (Å²) in [6.07, 6.45) is -3.93. The molecule has 1 amide bonds. The fourth-order valence-corrected chi connectivity index (χ4v) is 6.32. The standard InChI is InChI=1S/C26H26F4N2O4S2/c27-21-10-8-19(9-11-21)15-31(17-23-6-3-13-37-23)25(33)18-32(16-22-5-2-12-36-22)38(34,35)24-7-1-4-20(14-24)26(28,29)30/h1,3-4,6-11,13-14,22H,2,5,12,15-18H2. The van der Waals surface area contributed by atoms with Gasteiger partial charge in [-0.05, 0) is 60.2 Å². The van der Waals surface area contributed by atoms with E-state index in [0.717, 1.165) is 27.4 Å². The number of carbonyl (C=O) groups excluding carboxylic acids is 1. The monoisotopic (exact) mass is 570 g/mol. The van der Waals surface area contributed by atoms with Crippen LogP contribution in [-0.4, -0.2) is 49.3 Å². The number of halogens is 4. The van der Waals surface area contributed by atoms with Crippen molar-refractivity contribution in [1.82, 2.24) is 9.21 Å². The van der Waals surface area contributed by atoms with Gasteiger partial charge in [-0.1, -0.05) is 24.3 Å². The minimum atomic E-state index is -4.73. The van der Waals surface area contributed by atoms with Gasteiger partial charge in [0.25, 0.3) is 0 Å². The zero-order valence-corrected chi connectivity index (χ0v) is 21.9. The Labute approximate surface area is 222 Å². The zero-order valence-electron chi connectivity index (χ0n) is 20.2. The lowest BCUT2D eigenvalue weighted by Crippen LogP contribution is -2.45. The highest BCUT2D eigenvalue weighted by Gasteiger charge is 2.35. The van der Waals surface area contributed by atoms with Gasteiger partial charge in [0, 0.05) is 24.6 Å². The summed E-state index contributed by atoms with van der Waals surface area (Å²) < 4.78 is 86.9. The molecule has 0 N–H and O–H groups in total. The lowest BCUT2D eigenvalue weighted by Gasteiger charge is -2.28. The van der Waals surface area contributed by atoms with Gasteiger partial charge in [0.2, 0.25) is 15.9 Å². The molecule has 204 valence electrons. The third-order valence-corrected chi connectivity index (χ3v) is 8.78. The van der Waals surface area contributed by atoms with Crippen LogP contribution in [-0.2, 0) is 38.8 Å². The van der Waals surface area contributed by atoms with Gasteiger partial charge in [-0.3, -0.25) is 4.79 Å². The highest BCUT2D eigenvalue weighted by molar-refractivity contribution is 7.89. The first-order chi connectivity index (χ1) is 18.0. The topological polar surface area (TPSA) is 66.9 Å². The van der Waals surface area contributed by atoms with E-state index in [1.54, 1.807) is 0 Å². The van der Waals surface area contributed by atoms with Crippen LogP contribution in [0.5, 0.6) is 0 Å². The summed E-state index contributed by atoms with van der Waals surface area (Å²) in [5.41, 5.74) is -0.458. The van der Waals surface area contributed by atoms with Crippen LogP contribution < -0.4 is 0 Å². The van der Waals surface area contributed by atoms with Crippen molar-refractivity contribution in [3.05, 3.63) is 87.9 Å². The van der Waals surface area contributed by atoms with Crippen molar-refractivity contribution in [3.63, 3.8) is 0 Å². The van der Waals surface area contributed by atoms with Crippen molar-refractivity contribution in [2.75, 3.05) is 19.7 Å². The van der Waals surface area contributed by atoms with E-state index < -0.39 is 51.0 Å². The van der Waals surface area contributed by atoms with Gasteiger partial charge >= 0.3 is 6.18 Å². The molecule has 1 saturated heterocycles. The molecule has 1 atom stereocenters. The number of sulfonamides is 1. The first-order valence-electron chi connectivity index (χ1n) is 11.9. The summed E-state index contributed by atoms with van der Waals surface area (Å²) in [6.45, 7) is -0.0521. The molecule has 1 fully saturated rings. The van der Waals surface area contributed by atoms with Crippen molar-refractivity contribution >= 4 is 27.3 Å². The summed E-state index contributed by atoms with van der Waals surface area (Å²) in [7, 11) is -4.48. The first-order valence-corrected chi connectivity index (χ1v) is 14.2. The van der Waals surface area contributed by atoms with Gasteiger partial charge < -0.3 is 9.64 Å². The van der Waals surface area contributed by atoms with E-state index in [0.29, 0.717) is 31.1 Å². The number of amides is 1. The van der Waals surface area contributed by atoms with Crippen LogP contribution in [0.4, 0.5) is 17.6 Å². The second-order valence-electron chi connectivity index (χ2n) is 8.91. The SMILES string of the molecule is O=C(CN(CC1CCCO1)S(=O)(=O)c1cccc(C(F)(F)F)c1)N(Cc1ccc(F)cc1)Cc1cccs1. The Hall–Kier alpha value is -2.80. The highest BCUT2D eigenvalue weighted by atomic mass is 32.2. The Morgan fingerprint density at radius 2 is 1.82 bits per heavy atom. The molecule has 3 aromatic rings. The molecule has 6 nitrogen and oxygen atoms in total. The third-order valence-electron chi connectivity index (χ3n) is 6.11. The molecule has 12 heteroatoms. The van der Waals surface area contributed by atoms with Crippen molar-refractivity contribution in [2.45, 2.75) is 43.1 Å². The second kappa shape index (κ2) is 11.9. The number of thiophene rings is 1. The lowest BCUT2D eigenvalue weighted by molar-refractivity contribution is -0.137. The van der Waals surface area contributed by atoms with E-state index >= 15 is 0 Å². The Bertz CT molecular complexity index is 1320. The lowest BCUT2D eigenvalue weighted by atomic mass is 10.2. The van der Waals surface area contributed by atoms with Crippen LogP contribution >= 0.6 is 11.3 Å². The molecule has 1 unspecified atom stereocenters. The number of nitrogens with zero attached hydrogens (tertiary/aromatic N) is 2. The fourth-order valence-electron chi connectivity index (χ4n) is 4.13. The number of alkyl halides is 3. The van der Waals surface area contributed by atoms with Gasteiger partial charge in [-0.25, -0.2) is 12.8 Å². The molecular formula is C26H26F4N2O4S2. The first kappa shape index (κ1) is 28.2. The molecule has 0 bridgehead atoms. The smallest absolute Gasteiger partial charge is 0.377 e. The predicted molar refractivity (Wildman–Crippen MR) is 134 cm³/mol. The Morgan fingerprint density at radius 1 is 1.05 bits per heavy atom. The average Bonchev–Trinajstić information content (AvgIpc) is 3.58. The summed E-state index contributed by atoms with van der Waals surface area (Å²) in [6, 6.07) is 12.7. The van der Waals surface area contributed by atoms with Crippen LogP contribution in [0, 0.1) is 5.82 Å².